The second-order valence-electron chi connectivity index (χ2n) is 31.2. The molecular weight excluding hydrogens is 1290 g/mol. The van der Waals surface area contributed by atoms with Crippen LogP contribution in [0, 0.1) is 0 Å². The maximum atomic E-state index is 6.06. The summed E-state index contributed by atoms with van der Waals surface area (Å²) < 4.78 is 5.40. The topological polar surface area (TPSA) is 35.6 Å². The molecule has 0 radical (unpaired) electrons. The molecule has 0 amide bonds. The Morgan fingerprint density at radius 2 is 0.523 bits per heavy atom. The fourth-order valence-corrected chi connectivity index (χ4v) is 17.6. The highest BCUT2D eigenvalue weighted by Crippen LogP contribution is 2.51. The van der Waals surface area contributed by atoms with Crippen LogP contribution in [0.1, 0.15) is 52.7 Å². The molecule has 0 bridgehead atoms. The van der Waals surface area contributed by atoms with Gasteiger partial charge in [0.05, 0.1) is 22.4 Å². The summed E-state index contributed by atoms with van der Waals surface area (Å²) >= 11 is 0. The van der Waals surface area contributed by atoms with Gasteiger partial charge in [-0.15, -0.1) is 0 Å². The van der Waals surface area contributed by atoms with Gasteiger partial charge in [0.2, 0.25) is 0 Å². The molecule has 506 valence electrons. The summed E-state index contributed by atoms with van der Waals surface area (Å²) in [5.41, 5.74) is 35.9. The van der Waals surface area contributed by atoms with E-state index < -0.39 is 0 Å². The molecular formula is C102H75BN4. The van der Waals surface area contributed by atoms with Gasteiger partial charge < -0.3 is 9.13 Å². The van der Waals surface area contributed by atoms with E-state index in [4.69, 9.17) is 9.97 Å². The molecule has 107 heavy (non-hydrogen) atoms. The standard InChI is InChI=1S/C102H75BN4/c1-101(2,3)83-47-49-85-98-95(83)93-81(70-43-27-13-28-44-70)57-76(68-39-23-11-24-40-68)59-89(93)106(98)91-61-79(62-92-97(91)103(85)86-50-48-84(102(4,5)6)96-94-82(71-45-29-14-30-46-71)58-77(69-41-25-12-26-42-69)60-90(94)107(92)99(86)96)88-63-87(78-53-72(64-31-15-7-16-32-64)51-73(54-78)65-33-17-8-18-34-65)104-100(105-88)80-55-74(66-35-19-9-20-36-66)52-75(56-80)67-37-21-10-22-38-67/h7-63H,1-6H3. The van der Waals surface area contributed by atoms with Crippen LogP contribution < -0.4 is 16.4 Å². The zero-order valence-corrected chi connectivity index (χ0v) is 60.8. The number of hydrogen-bond donors (Lipinski definition) is 0. The van der Waals surface area contributed by atoms with Gasteiger partial charge in [0, 0.05) is 60.6 Å². The summed E-state index contributed by atoms with van der Waals surface area (Å²) in [5.74, 6) is 0.631. The molecule has 3 aromatic heterocycles. The Bertz CT molecular complexity index is 6060. The van der Waals surface area contributed by atoms with Gasteiger partial charge in [-0.3, -0.25) is 0 Å². The molecule has 2 aliphatic rings. The zero-order valence-electron chi connectivity index (χ0n) is 60.8. The van der Waals surface area contributed by atoms with Crippen LogP contribution in [0.2, 0.25) is 0 Å². The van der Waals surface area contributed by atoms with Gasteiger partial charge >= 0.3 is 0 Å². The molecule has 2 aliphatic heterocycles. The van der Waals surface area contributed by atoms with E-state index in [0.717, 1.165) is 117 Å². The largest absolute Gasteiger partial charge is 0.310 e. The first kappa shape index (κ1) is 63.7. The maximum absolute atomic E-state index is 6.06. The van der Waals surface area contributed by atoms with Gasteiger partial charge in [-0.1, -0.05) is 308 Å². The smallest absolute Gasteiger partial charge is 0.252 e. The molecule has 5 heterocycles. The number of rotatable bonds is 11. The highest BCUT2D eigenvalue weighted by Gasteiger charge is 2.44. The van der Waals surface area contributed by atoms with E-state index in [2.05, 4.69) is 396 Å². The number of fused-ring (bicyclic) bond motifs is 10. The van der Waals surface area contributed by atoms with Crippen LogP contribution in [0.4, 0.5) is 0 Å². The predicted octanol–water partition coefficient (Wildman–Crippen LogP) is 24.7. The summed E-state index contributed by atoms with van der Waals surface area (Å²) in [6.45, 7) is 14.2. The lowest BCUT2D eigenvalue weighted by Crippen LogP contribution is -2.59. The van der Waals surface area contributed by atoms with Gasteiger partial charge in [-0.05, 0) is 206 Å². The van der Waals surface area contributed by atoms with E-state index in [0.29, 0.717) is 5.82 Å². The fraction of sp³-hybridized carbons (Fsp3) is 0.0784. The molecule has 5 heteroatoms. The fourth-order valence-electron chi connectivity index (χ4n) is 17.6. The van der Waals surface area contributed by atoms with E-state index in [1.165, 1.54) is 82.3 Å². The van der Waals surface area contributed by atoms with E-state index in [1.54, 1.807) is 0 Å². The monoisotopic (exact) mass is 1370 g/mol. The first-order valence-corrected chi connectivity index (χ1v) is 37.5. The first-order valence-electron chi connectivity index (χ1n) is 37.5. The van der Waals surface area contributed by atoms with Crippen LogP contribution >= 0.6 is 0 Å². The van der Waals surface area contributed by atoms with E-state index in [9.17, 15) is 0 Å². The third kappa shape index (κ3) is 10.7. The van der Waals surface area contributed by atoms with Crippen molar-refractivity contribution in [1.29, 1.82) is 0 Å². The van der Waals surface area contributed by atoms with Gasteiger partial charge in [0.25, 0.3) is 6.71 Å². The Hall–Kier alpha value is -13.0. The van der Waals surface area contributed by atoms with Crippen LogP contribution in [0.5, 0.6) is 0 Å². The van der Waals surface area contributed by atoms with E-state index in [-0.39, 0.29) is 17.5 Å². The quantitative estimate of drug-likeness (QED) is 0.121. The summed E-state index contributed by atoms with van der Waals surface area (Å²) in [6.07, 6.45) is 0. The normalized spacial score (nSPS) is 12.4. The van der Waals surface area contributed by atoms with Crippen LogP contribution in [-0.4, -0.2) is 25.8 Å². The van der Waals surface area contributed by atoms with E-state index in [1.807, 2.05) is 0 Å². The van der Waals surface area contributed by atoms with Crippen molar-refractivity contribution in [1.82, 2.24) is 19.1 Å². The van der Waals surface area contributed by atoms with Crippen molar-refractivity contribution in [3.05, 3.63) is 357 Å². The van der Waals surface area contributed by atoms with Gasteiger partial charge in [0.1, 0.15) is 0 Å². The van der Waals surface area contributed by atoms with Crippen LogP contribution in [0.3, 0.4) is 0 Å². The summed E-state index contributed by atoms with van der Waals surface area (Å²) in [5, 5.41) is 5.08. The lowest BCUT2D eigenvalue weighted by Gasteiger charge is -2.35. The molecule has 20 rings (SSSR count). The molecule has 18 aromatic rings. The predicted molar refractivity (Wildman–Crippen MR) is 453 cm³/mol. The van der Waals surface area contributed by atoms with Crippen molar-refractivity contribution in [3.8, 4) is 134 Å². The second kappa shape index (κ2) is 24.9. The number of aromatic nitrogens is 4. The Labute approximate surface area is 625 Å². The van der Waals surface area contributed by atoms with Crippen molar-refractivity contribution in [3.63, 3.8) is 0 Å². The van der Waals surface area contributed by atoms with Crippen molar-refractivity contribution in [2.75, 3.05) is 0 Å². The first-order chi connectivity index (χ1) is 52.3. The molecule has 0 saturated heterocycles. The minimum atomic E-state index is -0.244. The van der Waals surface area contributed by atoms with Gasteiger partial charge in [-0.2, -0.15) is 0 Å². The molecule has 0 spiro atoms. The van der Waals surface area contributed by atoms with Crippen molar-refractivity contribution in [2.45, 2.75) is 52.4 Å². The molecule has 0 aliphatic carbocycles. The summed E-state index contributed by atoms with van der Waals surface area (Å²) in [4.78, 5) is 11.9. The van der Waals surface area contributed by atoms with Crippen LogP contribution in [0.15, 0.2) is 346 Å². The SMILES string of the molecule is CC(C)(C)c1ccc2c3c1c1c(-c4ccccc4)cc(-c4ccccc4)cc1n3-c1cc(-c3cc(-c4cc(-c5ccccc5)cc(-c5ccccc5)c4)nc(-c4cc(-c5ccccc5)cc(-c5ccccc5)c4)n3)cc3c1B2c1ccc(C(C)(C)C)c2c4c(-c5ccccc5)cc(-c5ccccc5)cc4n-3c12. The van der Waals surface area contributed by atoms with Crippen molar-refractivity contribution >= 4 is 66.7 Å². The second-order valence-corrected chi connectivity index (χ2v) is 31.2. The minimum Gasteiger partial charge on any atom is -0.310 e. The Morgan fingerprint density at radius 3 is 0.841 bits per heavy atom. The van der Waals surface area contributed by atoms with Crippen molar-refractivity contribution in [2.24, 2.45) is 0 Å². The zero-order chi connectivity index (χ0) is 71.8. The highest BCUT2D eigenvalue weighted by atomic mass is 15.0. The number of benzene rings is 15. The Balaban J connectivity index is 0.974. The average Bonchev–Trinajstić information content (AvgIpc) is 1.53. The van der Waals surface area contributed by atoms with Gasteiger partial charge in [-0.25, -0.2) is 9.97 Å². The third-order valence-electron chi connectivity index (χ3n) is 22.5. The molecule has 0 fully saturated rings. The van der Waals surface area contributed by atoms with Crippen molar-refractivity contribution < 1.29 is 0 Å². The summed E-state index contributed by atoms with van der Waals surface area (Å²) in [7, 11) is 0. The molecule has 0 N–H and O–H groups in total. The summed E-state index contributed by atoms with van der Waals surface area (Å²) in [6, 6.07) is 128. The number of nitrogens with zero attached hydrogens (tertiary/aromatic N) is 4. The molecule has 0 saturated carbocycles. The number of hydrogen-bond acceptors (Lipinski definition) is 2. The highest BCUT2D eigenvalue weighted by molar-refractivity contribution is 7.00. The third-order valence-corrected chi connectivity index (χ3v) is 22.5. The molecule has 4 nitrogen and oxygen atoms in total. The molecule has 15 aromatic carbocycles. The molecule has 0 unspecified atom stereocenters. The lowest BCUT2D eigenvalue weighted by atomic mass is 9.34. The van der Waals surface area contributed by atoms with Gasteiger partial charge in [0.15, 0.2) is 5.82 Å². The van der Waals surface area contributed by atoms with Crippen LogP contribution in [-0.2, 0) is 10.8 Å². The van der Waals surface area contributed by atoms with E-state index >= 15 is 0 Å². The lowest BCUT2D eigenvalue weighted by molar-refractivity contribution is 0.596. The van der Waals surface area contributed by atoms with Crippen LogP contribution in [0.25, 0.3) is 178 Å². The molecule has 0 atom stereocenters. The average molecular weight is 1370 g/mol. The Morgan fingerprint density at radius 1 is 0.243 bits per heavy atom. The minimum absolute atomic E-state index is 0.177. The maximum Gasteiger partial charge on any atom is 0.252 e. The Kier molecular flexibility index (Phi) is 14.8.